The molecule has 0 aliphatic heterocycles. The van der Waals surface area contributed by atoms with Crippen LogP contribution in [-0.2, 0) is 22.6 Å². The van der Waals surface area contributed by atoms with Crippen LogP contribution in [0.5, 0.6) is 5.75 Å². The fraction of sp³-hybridized carbons (Fsp3) is 0.300. The lowest BCUT2D eigenvalue weighted by Gasteiger charge is -2.22. The molecular formula is C20H21F2NO4. The Balaban J connectivity index is 2.03. The molecule has 0 atom stereocenters. The summed E-state index contributed by atoms with van der Waals surface area (Å²) in [6, 6.07) is 10.7. The second-order valence-corrected chi connectivity index (χ2v) is 6.06. The standard InChI is InChI=1S/C20H21F2NO4/c1-27-16-6-2-14(3-7-16)5-9-19(24)23(11-10-20(25)26)13-15-4-8-17(21)18(22)12-15/h2-4,6-8,12H,5,9-11,13H2,1H3,(H,25,26). The van der Waals surface area contributed by atoms with Crippen molar-refractivity contribution in [1.29, 1.82) is 0 Å². The first-order valence-corrected chi connectivity index (χ1v) is 8.45. The molecule has 7 heteroatoms. The molecule has 0 aromatic heterocycles. The molecule has 0 unspecified atom stereocenters. The van der Waals surface area contributed by atoms with Crippen LogP contribution in [0.1, 0.15) is 24.0 Å². The normalized spacial score (nSPS) is 10.5. The second kappa shape index (κ2) is 9.66. The van der Waals surface area contributed by atoms with E-state index in [0.29, 0.717) is 17.7 Å². The second-order valence-electron chi connectivity index (χ2n) is 6.06. The minimum atomic E-state index is -1.03. The molecule has 0 spiro atoms. The number of amides is 1. The number of hydrogen-bond acceptors (Lipinski definition) is 3. The van der Waals surface area contributed by atoms with E-state index in [1.54, 1.807) is 19.2 Å². The van der Waals surface area contributed by atoms with Crippen LogP contribution >= 0.6 is 0 Å². The first kappa shape index (κ1) is 20.4. The molecular weight excluding hydrogens is 356 g/mol. The highest BCUT2D eigenvalue weighted by atomic mass is 19.2. The maximum Gasteiger partial charge on any atom is 0.305 e. The summed E-state index contributed by atoms with van der Waals surface area (Å²) in [6.07, 6.45) is 0.428. The van der Waals surface area contributed by atoms with E-state index in [2.05, 4.69) is 0 Å². The van der Waals surface area contributed by atoms with Gasteiger partial charge in [0.25, 0.3) is 0 Å². The van der Waals surface area contributed by atoms with Crippen LogP contribution in [-0.4, -0.2) is 35.5 Å². The molecule has 0 radical (unpaired) electrons. The summed E-state index contributed by atoms with van der Waals surface area (Å²) in [5, 5.41) is 8.89. The molecule has 0 heterocycles. The average molecular weight is 377 g/mol. The zero-order valence-corrected chi connectivity index (χ0v) is 15.0. The van der Waals surface area contributed by atoms with E-state index in [1.807, 2.05) is 12.1 Å². The molecule has 0 bridgehead atoms. The van der Waals surface area contributed by atoms with Crippen LogP contribution in [0.2, 0.25) is 0 Å². The Morgan fingerprint density at radius 1 is 1.00 bits per heavy atom. The number of rotatable bonds is 9. The van der Waals surface area contributed by atoms with Gasteiger partial charge < -0.3 is 14.7 Å². The van der Waals surface area contributed by atoms with Gasteiger partial charge in [-0.05, 0) is 41.8 Å². The smallest absolute Gasteiger partial charge is 0.305 e. The van der Waals surface area contributed by atoms with E-state index in [1.165, 1.54) is 11.0 Å². The molecule has 0 fully saturated rings. The Morgan fingerprint density at radius 2 is 1.67 bits per heavy atom. The molecule has 2 aromatic rings. The number of aliphatic carboxylic acids is 1. The molecule has 0 saturated carbocycles. The molecule has 27 heavy (non-hydrogen) atoms. The van der Waals surface area contributed by atoms with E-state index in [9.17, 15) is 18.4 Å². The van der Waals surface area contributed by atoms with Crippen LogP contribution in [0.15, 0.2) is 42.5 Å². The van der Waals surface area contributed by atoms with E-state index >= 15 is 0 Å². The van der Waals surface area contributed by atoms with Gasteiger partial charge in [-0.1, -0.05) is 18.2 Å². The highest BCUT2D eigenvalue weighted by Gasteiger charge is 2.16. The Bertz CT molecular complexity index is 793. The summed E-state index contributed by atoms with van der Waals surface area (Å²) in [7, 11) is 1.57. The number of carboxylic acids is 1. The lowest BCUT2D eigenvalue weighted by molar-refractivity contribution is -0.138. The molecule has 0 aliphatic carbocycles. The monoisotopic (exact) mass is 377 g/mol. The third-order valence-corrected chi connectivity index (χ3v) is 4.09. The maximum absolute atomic E-state index is 13.4. The van der Waals surface area contributed by atoms with Gasteiger partial charge in [0.15, 0.2) is 11.6 Å². The van der Waals surface area contributed by atoms with E-state index < -0.39 is 17.6 Å². The van der Waals surface area contributed by atoms with Crippen LogP contribution in [0.25, 0.3) is 0 Å². The van der Waals surface area contributed by atoms with Gasteiger partial charge in [0.05, 0.1) is 13.5 Å². The topological polar surface area (TPSA) is 66.8 Å². The fourth-order valence-corrected chi connectivity index (χ4v) is 2.58. The molecule has 1 amide bonds. The summed E-state index contributed by atoms with van der Waals surface area (Å²) in [4.78, 5) is 24.8. The van der Waals surface area contributed by atoms with Gasteiger partial charge in [0.1, 0.15) is 5.75 Å². The summed E-state index contributed by atoms with van der Waals surface area (Å²) in [6.45, 7) is 0.0156. The van der Waals surface area contributed by atoms with Crippen molar-refractivity contribution in [3.05, 3.63) is 65.2 Å². The molecule has 1 N–H and O–H groups in total. The first-order chi connectivity index (χ1) is 12.9. The highest BCUT2D eigenvalue weighted by molar-refractivity contribution is 5.77. The maximum atomic E-state index is 13.4. The number of hydrogen-bond donors (Lipinski definition) is 1. The summed E-state index contributed by atoms with van der Waals surface area (Å²) in [5.74, 6) is -2.55. The third-order valence-electron chi connectivity index (χ3n) is 4.09. The van der Waals surface area contributed by atoms with Crippen molar-refractivity contribution in [2.45, 2.75) is 25.8 Å². The van der Waals surface area contributed by atoms with Gasteiger partial charge in [-0.2, -0.15) is 0 Å². The molecule has 2 aromatic carbocycles. The van der Waals surface area contributed by atoms with Crippen molar-refractivity contribution in [1.82, 2.24) is 4.90 Å². The van der Waals surface area contributed by atoms with Crippen LogP contribution in [0.4, 0.5) is 8.78 Å². The Kier molecular flexibility index (Phi) is 7.28. The number of carbonyl (C=O) groups excluding carboxylic acids is 1. The lowest BCUT2D eigenvalue weighted by atomic mass is 10.1. The van der Waals surface area contributed by atoms with Crippen LogP contribution in [0, 0.1) is 11.6 Å². The summed E-state index contributed by atoms with van der Waals surface area (Å²) < 4.78 is 31.5. The minimum Gasteiger partial charge on any atom is -0.497 e. The predicted molar refractivity (Wildman–Crippen MR) is 95.3 cm³/mol. The Hall–Kier alpha value is -2.96. The van der Waals surface area contributed by atoms with E-state index in [4.69, 9.17) is 9.84 Å². The zero-order chi connectivity index (χ0) is 19.8. The number of methoxy groups -OCH3 is 1. The quantitative estimate of drug-likeness (QED) is 0.727. The summed E-state index contributed by atoms with van der Waals surface area (Å²) >= 11 is 0. The number of halogens is 2. The Morgan fingerprint density at radius 3 is 2.26 bits per heavy atom. The SMILES string of the molecule is COc1ccc(CCC(=O)N(CCC(=O)O)Cc2ccc(F)c(F)c2)cc1. The fourth-order valence-electron chi connectivity index (χ4n) is 2.58. The van der Waals surface area contributed by atoms with Crippen molar-refractivity contribution in [3.8, 4) is 5.75 Å². The first-order valence-electron chi connectivity index (χ1n) is 8.45. The molecule has 0 saturated heterocycles. The largest absolute Gasteiger partial charge is 0.497 e. The van der Waals surface area contributed by atoms with Crippen molar-refractivity contribution in [3.63, 3.8) is 0 Å². The lowest BCUT2D eigenvalue weighted by Crippen LogP contribution is -2.32. The van der Waals surface area contributed by atoms with Crippen molar-refractivity contribution in [2.24, 2.45) is 0 Å². The number of carbonyl (C=O) groups is 2. The number of aryl methyl sites for hydroxylation is 1. The van der Waals surface area contributed by atoms with Gasteiger partial charge >= 0.3 is 5.97 Å². The van der Waals surface area contributed by atoms with Gasteiger partial charge in [-0.25, -0.2) is 8.78 Å². The molecule has 144 valence electrons. The van der Waals surface area contributed by atoms with Crippen molar-refractivity contribution >= 4 is 11.9 Å². The minimum absolute atomic E-state index is 0.00419. The molecule has 2 rings (SSSR count). The number of carboxylic acid groups (broad SMARTS) is 1. The number of nitrogens with zero attached hydrogens (tertiary/aromatic N) is 1. The Labute approximate surface area is 156 Å². The third kappa shape index (κ3) is 6.36. The van der Waals surface area contributed by atoms with Gasteiger partial charge in [-0.15, -0.1) is 0 Å². The van der Waals surface area contributed by atoms with E-state index in [-0.39, 0.29) is 31.8 Å². The molecule has 0 aliphatic rings. The predicted octanol–water partition coefficient (Wildman–Crippen LogP) is 3.41. The van der Waals surface area contributed by atoms with Crippen molar-refractivity contribution in [2.75, 3.05) is 13.7 Å². The molecule has 5 nitrogen and oxygen atoms in total. The van der Waals surface area contributed by atoms with Gasteiger partial charge in [0.2, 0.25) is 5.91 Å². The summed E-state index contributed by atoms with van der Waals surface area (Å²) in [5.41, 5.74) is 1.34. The average Bonchev–Trinajstić information content (AvgIpc) is 2.66. The zero-order valence-electron chi connectivity index (χ0n) is 15.0. The number of ether oxygens (including phenoxy) is 1. The van der Waals surface area contributed by atoms with Crippen LogP contribution < -0.4 is 4.74 Å². The van der Waals surface area contributed by atoms with Gasteiger partial charge in [0, 0.05) is 19.5 Å². The van der Waals surface area contributed by atoms with Gasteiger partial charge in [-0.3, -0.25) is 9.59 Å². The van der Waals surface area contributed by atoms with Crippen molar-refractivity contribution < 1.29 is 28.2 Å². The van der Waals surface area contributed by atoms with Crippen LogP contribution in [0.3, 0.4) is 0 Å². The highest BCUT2D eigenvalue weighted by Crippen LogP contribution is 2.15. The van der Waals surface area contributed by atoms with E-state index in [0.717, 1.165) is 17.7 Å². The number of benzene rings is 2.